The van der Waals surface area contributed by atoms with Gasteiger partial charge in [0.2, 0.25) is 11.8 Å². The summed E-state index contributed by atoms with van der Waals surface area (Å²) in [5.74, 6) is -0.739. The van der Waals surface area contributed by atoms with Crippen LogP contribution in [0.25, 0.3) is 0 Å². The first-order valence-electron chi connectivity index (χ1n) is 14.6. The maximum Gasteiger partial charge on any atom is 0.253 e. The Hall–Kier alpha value is -4.37. The number of amides is 3. The molecule has 45 heavy (non-hydrogen) atoms. The number of nitrogens with one attached hydrogen (secondary N) is 3. The Morgan fingerprint density at radius 1 is 0.733 bits per heavy atom. The molecule has 0 aliphatic rings. The van der Waals surface area contributed by atoms with E-state index in [-0.39, 0.29) is 35.9 Å². The quantitative estimate of drug-likeness (QED) is 0.149. The van der Waals surface area contributed by atoms with Crippen LogP contribution in [0.1, 0.15) is 39.5 Å². The molecule has 3 amide bonds. The van der Waals surface area contributed by atoms with Crippen LogP contribution < -0.4 is 26.4 Å². The average molecular weight is 648 g/mol. The van der Waals surface area contributed by atoms with Crippen molar-refractivity contribution < 1.29 is 19.1 Å². The SMILES string of the molecule is CCOc1ccc(CC(NC(=O)c2ccc(Cl)cc2Cl)C(=O)NC(Cc2ccccc2)C(=O)NCc2ccc(CN)cc2)cc1. The number of nitrogens with two attached hydrogens (primary N) is 1. The van der Waals surface area contributed by atoms with E-state index in [4.69, 9.17) is 33.7 Å². The number of ether oxygens (including phenoxy) is 1. The fourth-order valence-corrected chi connectivity index (χ4v) is 5.17. The molecular formula is C35H36Cl2N4O4. The van der Waals surface area contributed by atoms with E-state index in [2.05, 4.69) is 16.0 Å². The molecule has 0 saturated carbocycles. The molecule has 0 fully saturated rings. The third-order valence-corrected chi connectivity index (χ3v) is 7.66. The molecular weight excluding hydrogens is 611 g/mol. The minimum atomic E-state index is -1.03. The highest BCUT2D eigenvalue weighted by molar-refractivity contribution is 6.36. The summed E-state index contributed by atoms with van der Waals surface area (Å²) >= 11 is 12.3. The smallest absolute Gasteiger partial charge is 0.253 e. The minimum absolute atomic E-state index is 0.154. The summed E-state index contributed by atoms with van der Waals surface area (Å²) < 4.78 is 5.54. The van der Waals surface area contributed by atoms with Gasteiger partial charge < -0.3 is 26.4 Å². The average Bonchev–Trinajstić information content (AvgIpc) is 3.04. The van der Waals surface area contributed by atoms with Crippen molar-refractivity contribution >= 4 is 40.9 Å². The molecule has 2 unspecified atom stereocenters. The lowest BCUT2D eigenvalue weighted by molar-refractivity contribution is -0.130. The zero-order valence-corrected chi connectivity index (χ0v) is 26.4. The fraction of sp³-hybridized carbons (Fsp3) is 0.229. The summed E-state index contributed by atoms with van der Waals surface area (Å²) in [5.41, 5.74) is 9.40. The van der Waals surface area contributed by atoms with Crippen molar-refractivity contribution in [2.75, 3.05) is 6.61 Å². The highest BCUT2D eigenvalue weighted by Crippen LogP contribution is 2.21. The van der Waals surface area contributed by atoms with Crippen LogP contribution in [0.15, 0.2) is 97.1 Å². The van der Waals surface area contributed by atoms with E-state index in [1.165, 1.54) is 12.1 Å². The van der Waals surface area contributed by atoms with E-state index in [0.29, 0.717) is 23.9 Å². The molecule has 0 aliphatic heterocycles. The van der Waals surface area contributed by atoms with Crippen LogP contribution in [0, 0.1) is 0 Å². The predicted octanol–water partition coefficient (Wildman–Crippen LogP) is 5.24. The van der Waals surface area contributed by atoms with Gasteiger partial charge in [0.05, 0.1) is 17.2 Å². The van der Waals surface area contributed by atoms with E-state index >= 15 is 0 Å². The molecule has 10 heteroatoms. The molecule has 0 heterocycles. The van der Waals surface area contributed by atoms with Crippen LogP contribution in [0.2, 0.25) is 10.0 Å². The molecule has 0 aliphatic carbocycles. The van der Waals surface area contributed by atoms with Gasteiger partial charge in [0, 0.05) is 31.0 Å². The summed E-state index contributed by atoms with van der Waals surface area (Å²) in [6.07, 6.45) is 0.402. The van der Waals surface area contributed by atoms with Gasteiger partial charge in [-0.15, -0.1) is 0 Å². The van der Waals surface area contributed by atoms with Gasteiger partial charge in [0.1, 0.15) is 17.8 Å². The number of hydrogen-bond donors (Lipinski definition) is 4. The maximum absolute atomic E-state index is 13.9. The third-order valence-electron chi connectivity index (χ3n) is 7.11. The van der Waals surface area contributed by atoms with E-state index in [0.717, 1.165) is 22.3 Å². The highest BCUT2D eigenvalue weighted by Gasteiger charge is 2.28. The van der Waals surface area contributed by atoms with E-state index < -0.39 is 23.9 Å². The zero-order valence-electron chi connectivity index (χ0n) is 24.9. The topological polar surface area (TPSA) is 123 Å². The fourth-order valence-electron chi connectivity index (χ4n) is 4.68. The lowest BCUT2D eigenvalue weighted by Crippen LogP contribution is -2.55. The van der Waals surface area contributed by atoms with E-state index in [1.54, 1.807) is 18.2 Å². The van der Waals surface area contributed by atoms with E-state index in [1.807, 2.05) is 73.7 Å². The largest absolute Gasteiger partial charge is 0.494 e. The first-order valence-corrected chi connectivity index (χ1v) is 15.4. The minimum Gasteiger partial charge on any atom is -0.494 e. The van der Waals surface area contributed by atoms with Gasteiger partial charge in [-0.25, -0.2) is 0 Å². The van der Waals surface area contributed by atoms with E-state index in [9.17, 15) is 14.4 Å². The van der Waals surface area contributed by atoms with Crippen molar-refractivity contribution in [1.29, 1.82) is 0 Å². The van der Waals surface area contributed by atoms with Gasteiger partial charge in [-0.05, 0) is 59.5 Å². The Kier molecular flexibility index (Phi) is 12.4. The lowest BCUT2D eigenvalue weighted by atomic mass is 10.0. The molecule has 0 spiro atoms. The van der Waals surface area contributed by atoms with Crippen molar-refractivity contribution in [1.82, 2.24) is 16.0 Å². The third kappa shape index (κ3) is 10.1. The molecule has 2 atom stereocenters. The Morgan fingerprint density at radius 3 is 1.96 bits per heavy atom. The summed E-state index contributed by atoms with van der Waals surface area (Å²) in [6.45, 7) is 3.11. The molecule has 4 rings (SSSR count). The highest BCUT2D eigenvalue weighted by atomic mass is 35.5. The molecule has 4 aromatic carbocycles. The number of halogens is 2. The molecule has 234 valence electrons. The van der Waals surface area contributed by atoms with Gasteiger partial charge >= 0.3 is 0 Å². The summed E-state index contributed by atoms with van der Waals surface area (Å²) in [6, 6.07) is 26.8. The Bertz CT molecular complexity index is 1580. The van der Waals surface area contributed by atoms with Crippen molar-refractivity contribution in [3.63, 3.8) is 0 Å². The summed E-state index contributed by atoms with van der Waals surface area (Å²) in [4.78, 5) is 40.7. The van der Waals surface area contributed by atoms with Crippen molar-refractivity contribution in [3.8, 4) is 5.75 Å². The van der Waals surface area contributed by atoms with Crippen LogP contribution in [0.3, 0.4) is 0 Å². The van der Waals surface area contributed by atoms with Gasteiger partial charge in [0.25, 0.3) is 5.91 Å². The molecule has 0 bridgehead atoms. The van der Waals surface area contributed by atoms with Crippen LogP contribution in [0.4, 0.5) is 0 Å². The van der Waals surface area contributed by atoms with Crippen molar-refractivity contribution in [2.24, 2.45) is 5.73 Å². The van der Waals surface area contributed by atoms with Gasteiger partial charge in [-0.3, -0.25) is 14.4 Å². The zero-order chi connectivity index (χ0) is 32.2. The molecule has 8 nitrogen and oxygen atoms in total. The normalized spacial score (nSPS) is 12.1. The lowest BCUT2D eigenvalue weighted by Gasteiger charge is -2.24. The predicted molar refractivity (Wildman–Crippen MR) is 177 cm³/mol. The number of rotatable bonds is 14. The number of carbonyl (C=O) groups is 3. The maximum atomic E-state index is 13.9. The first kappa shape index (κ1) is 33.5. The van der Waals surface area contributed by atoms with Gasteiger partial charge in [0.15, 0.2) is 0 Å². The molecule has 0 saturated heterocycles. The van der Waals surface area contributed by atoms with Crippen LogP contribution in [-0.4, -0.2) is 36.4 Å². The molecule has 5 N–H and O–H groups in total. The second-order valence-electron chi connectivity index (χ2n) is 10.4. The Morgan fingerprint density at radius 2 is 1.33 bits per heavy atom. The molecule has 4 aromatic rings. The molecule has 0 radical (unpaired) electrons. The second kappa shape index (κ2) is 16.6. The van der Waals surface area contributed by atoms with Gasteiger partial charge in [-0.1, -0.05) is 89.9 Å². The monoisotopic (exact) mass is 646 g/mol. The number of hydrogen-bond acceptors (Lipinski definition) is 5. The van der Waals surface area contributed by atoms with Crippen molar-refractivity contribution in [3.05, 3.63) is 135 Å². The number of carbonyl (C=O) groups excluding carboxylic acids is 3. The Labute approximate surface area is 273 Å². The standard InChI is InChI=1S/C35H36Cl2N4O4/c1-2-45-28-15-12-24(13-16-28)19-32(40-33(42)29-17-14-27(36)20-30(29)37)35(44)41-31(18-23-6-4-3-5-7-23)34(43)39-22-26-10-8-25(21-38)9-11-26/h3-17,20,31-32H,2,18-19,21-22,38H2,1H3,(H,39,43)(H,40,42)(H,41,44). The molecule has 0 aromatic heterocycles. The van der Waals surface area contributed by atoms with Gasteiger partial charge in [-0.2, -0.15) is 0 Å². The van der Waals surface area contributed by atoms with Crippen molar-refractivity contribution in [2.45, 2.75) is 44.9 Å². The van der Waals surface area contributed by atoms with Crippen LogP contribution >= 0.6 is 23.2 Å². The number of benzene rings is 4. The second-order valence-corrected chi connectivity index (χ2v) is 11.3. The van der Waals surface area contributed by atoms with Crippen LogP contribution in [-0.2, 0) is 35.5 Å². The summed E-state index contributed by atoms with van der Waals surface area (Å²) in [7, 11) is 0. The first-order chi connectivity index (χ1) is 21.7. The summed E-state index contributed by atoms with van der Waals surface area (Å²) in [5, 5.41) is 9.16. The van der Waals surface area contributed by atoms with Crippen LogP contribution in [0.5, 0.6) is 5.75 Å². The Balaban J connectivity index is 1.55.